The molecule has 0 aliphatic carbocycles. The molecular formula is C49H55ClNO14PS. The molecule has 1 fully saturated rings. The topological polar surface area (TPSA) is 191 Å². The van der Waals surface area contributed by atoms with Gasteiger partial charge in [0.15, 0.2) is 9.84 Å². The van der Waals surface area contributed by atoms with E-state index in [1.165, 1.54) is 43.3 Å². The molecule has 1 amide bonds. The number of carbonyl (C=O) groups is 2. The minimum atomic E-state index is -5.03. The van der Waals surface area contributed by atoms with E-state index in [1.54, 1.807) is 54.0 Å². The van der Waals surface area contributed by atoms with E-state index in [2.05, 4.69) is 5.32 Å². The molecule has 1 aliphatic rings. The van der Waals surface area contributed by atoms with E-state index in [9.17, 15) is 27.5 Å². The first-order valence-corrected chi connectivity index (χ1v) is 24.8. The standard InChI is InChI=1S/C49H55ClNO14PS/c1-32(31-67(56,57)42-27-19-38(50)20-28-42)62-47(53)51-44-33(2)63-43(30-60-46(52)48(3,4)5)45(44)65-66(54,55)64-41-21-13-34(14-22-41)29-61-49(35-11-9-8-10-12-35,36-15-23-39(58-6)24-16-36)37-17-25-40(59-7)26-18-37/h8-28,32-33,43-45H,29-31H2,1-7H3,(H,51,53)(H,54,55)/t32?,33-,43+,44?,45?/m0/s1. The van der Waals surface area contributed by atoms with Gasteiger partial charge < -0.3 is 38.3 Å². The SMILES string of the molecule is COc1ccc(C(OCc2ccc(OP(=O)(O)OC3C(NC(=O)OC(C)CS(=O)(=O)c4ccc(Cl)cc4)[C@H](C)O[C@@H]3COC(=O)C(C)(C)C)cc2)(c2ccccc2)c2ccc(OC)cc2)cc1. The third kappa shape index (κ3) is 13.0. The average molecular weight is 980 g/mol. The van der Waals surface area contributed by atoms with Gasteiger partial charge in [0.05, 0.1) is 49.0 Å². The molecule has 5 aromatic carbocycles. The number of alkyl carbamates (subject to hydrolysis) is 1. The molecule has 18 heteroatoms. The Hall–Kier alpha value is -5.45. The highest BCUT2D eigenvalue weighted by atomic mass is 35.5. The molecule has 4 unspecified atom stereocenters. The molecule has 1 aliphatic heterocycles. The van der Waals surface area contributed by atoms with Gasteiger partial charge in [-0.15, -0.1) is 0 Å². The van der Waals surface area contributed by atoms with Gasteiger partial charge in [-0.3, -0.25) is 14.2 Å². The van der Waals surface area contributed by atoms with Gasteiger partial charge >= 0.3 is 19.9 Å². The van der Waals surface area contributed by atoms with E-state index in [-0.39, 0.29) is 17.3 Å². The minimum Gasteiger partial charge on any atom is -0.497 e. The Balaban J connectivity index is 1.19. The lowest BCUT2D eigenvalue weighted by Crippen LogP contribution is -2.49. The van der Waals surface area contributed by atoms with Crippen LogP contribution < -0.4 is 19.3 Å². The summed E-state index contributed by atoms with van der Waals surface area (Å²) in [5.74, 6) is 0.202. The third-order valence-corrected chi connectivity index (χ3v) is 14.0. The van der Waals surface area contributed by atoms with E-state index in [1.807, 2.05) is 78.9 Å². The summed E-state index contributed by atoms with van der Waals surface area (Å²) < 4.78 is 85.8. The highest BCUT2D eigenvalue weighted by Gasteiger charge is 2.49. The molecule has 358 valence electrons. The number of phosphoric acid groups is 1. The predicted molar refractivity (Wildman–Crippen MR) is 250 cm³/mol. The highest BCUT2D eigenvalue weighted by molar-refractivity contribution is 7.91. The molecule has 15 nitrogen and oxygen atoms in total. The molecule has 0 saturated carbocycles. The maximum atomic E-state index is 13.8. The number of benzene rings is 5. The van der Waals surface area contributed by atoms with Crippen LogP contribution in [0, 0.1) is 5.41 Å². The van der Waals surface area contributed by atoms with Crippen LogP contribution in [0.3, 0.4) is 0 Å². The van der Waals surface area contributed by atoms with E-state index in [4.69, 9.17) is 49.1 Å². The summed E-state index contributed by atoms with van der Waals surface area (Å²) in [7, 11) is -5.70. The van der Waals surface area contributed by atoms with Crippen molar-refractivity contribution in [2.24, 2.45) is 5.41 Å². The average Bonchev–Trinajstić information content (AvgIpc) is 3.57. The maximum absolute atomic E-state index is 13.8. The fraction of sp³-hybridized carbons (Fsp3) is 0.347. The van der Waals surface area contributed by atoms with Crippen LogP contribution in [-0.2, 0) is 54.9 Å². The van der Waals surface area contributed by atoms with Gasteiger partial charge in [0.2, 0.25) is 0 Å². The number of ether oxygens (including phenoxy) is 6. The third-order valence-electron chi connectivity index (χ3n) is 10.9. The predicted octanol–water partition coefficient (Wildman–Crippen LogP) is 9.06. The molecule has 6 atom stereocenters. The van der Waals surface area contributed by atoms with Gasteiger partial charge in [0, 0.05) is 5.02 Å². The molecule has 0 radical (unpaired) electrons. The zero-order valence-corrected chi connectivity index (χ0v) is 40.6. The van der Waals surface area contributed by atoms with Crippen molar-refractivity contribution in [3.8, 4) is 17.2 Å². The van der Waals surface area contributed by atoms with Gasteiger partial charge in [-0.2, -0.15) is 0 Å². The Bertz CT molecular complexity index is 2550. The fourth-order valence-corrected chi connectivity index (χ4v) is 9.99. The van der Waals surface area contributed by atoms with Crippen molar-refractivity contribution >= 4 is 41.3 Å². The summed E-state index contributed by atoms with van der Waals surface area (Å²) in [5, 5.41) is 2.93. The van der Waals surface area contributed by atoms with Gasteiger partial charge in [0.25, 0.3) is 0 Å². The molecule has 67 heavy (non-hydrogen) atoms. The van der Waals surface area contributed by atoms with Crippen LogP contribution in [0.5, 0.6) is 17.2 Å². The largest absolute Gasteiger partial charge is 0.527 e. The van der Waals surface area contributed by atoms with Crippen LogP contribution in [0.4, 0.5) is 4.79 Å². The number of halogens is 1. The lowest BCUT2D eigenvalue weighted by molar-refractivity contribution is -0.158. The molecule has 2 N–H and O–H groups in total. The molecule has 6 rings (SSSR count). The van der Waals surface area contributed by atoms with Crippen molar-refractivity contribution in [3.05, 3.63) is 155 Å². The molecule has 1 saturated heterocycles. The lowest BCUT2D eigenvalue weighted by Gasteiger charge is -2.36. The van der Waals surface area contributed by atoms with Crippen LogP contribution in [-0.4, -0.2) is 82.4 Å². The molecule has 0 spiro atoms. The first-order valence-electron chi connectivity index (χ1n) is 21.3. The first kappa shape index (κ1) is 51.0. The van der Waals surface area contributed by atoms with Gasteiger partial charge in [-0.25, -0.2) is 17.8 Å². The maximum Gasteiger partial charge on any atom is 0.527 e. The zero-order chi connectivity index (χ0) is 48.6. The Morgan fingerprint density at radius 2 is 1.34 bits per heavy atom. The van der Waals surface area contributed by atoms with Crippen molar-refractivity contribution in [3.63, 3.8) is 0 Å². The summed E-state index contributed by atoms with van der Waals surface area (Å²) in [6.07, 6.45) is -5.63. The second-order valence-electron chi connectivity index (χ2n) is 16.9. The van der Waals surface area contributed by atoms with Crippen LogP contribution in [0.2, 0.25) is 5.02 Å². The summed E-state index contributed by atoms with van der Waals surface area (Å²) in [4.78, 5) is 37.2. The number of methoxy groups -OCH3 is 2. The van der Waals surface area contributed by atoms with Gasteiger partial charge in [0.1, 0.15) is 47.8 Å². The smallest absolute Gasteiger partial charge is 0.497 e. The number of phosphoric ester groups is 1. The fourth-order valence-electron chi connectivity index (χ4n) is 7.43. The number of carbonyl (C=O) groups excluding carboxylic acids is 2. The number of hydrogen-bond acceptors (Lipinski definition) is 13. The van der Waals surface area contributed by atoms with Crippen LogP contribution in [0.15, 0.2) is 132 Å². The monoisotopic (exact) mass is 979 g/mol. The molecule has 0 aromatic heterocycles. The Morgan fingerprint density at radius 3 is 1.88 bits per heavy atom. The normalized spacial score (nSPS) is 18.8. The number of rotatable bonds is 19. The number of sulfone groups is 1. The van der Waals surface area contributed by atoms with Crippen LogP contribution >= 0.6 is 19.4 Å². The zero-order valence-electron chi connectivity index (χ0n) is 38.1. The first-order chi connectivity index (χ1) is 31.7. The van der Waals surface area contributed by atoms with Crippen molar-refractivity contribution in [2.75, 3.05) is 26.6 Å². The summed E-state index contributed by atoms with van der Waals surface area (Å²) in [5.41, 5.74) is 1.23. The number of esters is 1. The second kappa shape index (κ2) is 21.7. The Morgan fingerprint density at radius 1 is 0.806 bits per heavy atom. The van der Waals surface area contributed by atoms with Crippen molar-refractivity contribution in [1.82, 2.24) is 5.32 Å². The molecule has 0 bridgehead atoms. The van der Waals surface area contributed by atoms with Gasteiger partial charge in [-0.05, 0) is 118 Å². The summed E-state index contributed by atoms with van der Waals surface area (Å²) in [6.45, 7) is 7.63. The quantitative estimate of drug-likeness (QED) is 0.0452. The minimum absolute atomic E-state index is 0.00658. The summed E-state index contributed by atoms with van der Waals surface area (Å²) in [6, 6.07) is 35.8. The van der Waals surface area contributed by atoms with Crippen LogP contribution in [0.25, 0.3) is 0 Å². The Kier molecular flexibility index (Phi) is 16.5. The molecule has 1 heterocycles. The van der Waals surface area contributed by atoms with Gasteiger partial charge in [-0.1, -0.05) is 78.3 Å². The molecular weight excluding hydrogens is 925 g/mol. The van der Waals surface area contributed by atoms with Crippen molar-refractivity contribution in [1.29, 1.82) is 0 Å². The number of amides is 1. The van der Waals surface area contributed by atoms with Crippen molar-refractivity contribution < 1.29 is 64.9 Å². The second-order valence-corrected chi connectivity index (χ2v) is 20.7. The van der Waals surface area contributed by atoms with E-state index in [0.717, 1.165) is 16.7 Å². The van der Waals surface area contributed by atoms with E-state index >= 15 is 0 Å². The summed E-state index contributed by atoms with van der Waals surface area (Å²) >= 11 is 5.91. The highest BCUT2D eigenvalue weighted by Crippen LogP contribution is 2.48. The molecule has 5 aromatic rings. The van der Waals surface area contributed by atoms with E-state index < -0.39 is 83.6 Å². The lowest BCUT2D eigenvalue weighted by atomic mass is 9.80. The number of nitrogens with one attached hydrogen (secondary N) is 1. The van der Waals surface area contributed by atoms with E-state index in [0.29, 0.717) is 22.1 Å². The van der Waals surface area contributed by atoms with Crippen molar-refractivity contribution in [2.45, 2.75) is 82.2 Å². The van der Waals surface area contributed by atoms with Crippen LogP contribution in [0.1, 0.15) is 56.9 Å². The Labute approximate surface area is 396 Å². The number of hydrogen-bond donors (Lipinski definition) is 2.